The van der Waals surface area contributed by atoms with E-state index in [1.165, 1.54) is 30.7 Å². The number of hydrogen-bond acceptors (Lipinski definition) is 6. The van der Waals surface area contributed by atoms with Crippen molar-refractivity contribution in [2.24, 2.45) is 5.10 Å². The number of nitro benzene ring substituents is 1. The highest BCUT2D eigenvalue weighted by Gasteiger charge is 2.12. The summed E-state index contributed by atoms with van der Waals surface area (Å²) < 4.78 is 5.66. The predicted octanol–water partition coefficient (Wildman–Crippen LogP) is 3.32. The number of rotatable bonds is 5. The van der Waals surface area contributed by atoms with Gasteiger partial charge in [0.2, 0.25) is 0 Å². The molecule has 0 spiro atoms. The average Bonchev–Trinajstić information content (AvgIpc) is 3.10. The van der Waals surface area contributed by atoms with Crippen LogP contribution < -0.4 is 5.43 Å². The fourth-order valence-electron chi connectivity index (χ4n) is 2.33. The van der Waals surface area contributed by atoms with E-state index < -0.39 is 4.92 Å². The summed E-state index contributed by atoms with van der Waals surface area (Å²) in [5.74, 6) is 0.633. The molecule has 0 atom stereocenters. The highest BCUT2D eigenvalue weighted by atomic mass is 16.6. The van der Waals surface area contributed by atoms with Crippen molar-refractivity contribution in [2.45, 2.75) is 6.92 Å². The first-order valence-corrected chi connectivity index (χ1v) is 7.63. The van der Waals surface area contributed by atoms with Gasteiger partial charge in [0.25, 0.3) is 11.6 Å². The molecule has 0 aliphatic carbocycles. The quantitative estimate of drug-likeness (QED) is 0.431. The van der Waals surface area contributed by atoms with Crippen LogP contribution in [0.5, 0.6) is 0 Å². The number of amides is 1. The zero-order valence-corrected chi connectivity index (χ0v) is 13.7. The summed E-state index contributed by atoms with van der Waals surface area (Å²) in [6.07, 6.45) is 4.41. The Hall–Kier alpha value is -3.81. The number of furan rings is 1. The first-order chi connectivity index (χ1) is 12.5. The lowest BCUT2D eigenvalue weighted by Gasteiger charge is -2.02. The lowest BCUT2D eigenvalue weighted by molar-refractivity contribution is -0.384. The minimum atomic E-state index is -0.442. The van der Waals surface area contributed by atoms with Gasteiger partial charge in [0.05, 0.1) is 11.1 Å². The van der Waals surface area contributed by atoms with Gasteiger partial charge >= 0.3 is 0 Å². The number of hydrazone groups is 1. The third-order valence-electron chi connectivity index (χ3n) is 3.61. The molecule has 3 aromatic rings. The molecular formula is C18H14N4O4. The zero-order valence-electron chi connectivity index (χ0n) is 13.7. The van der Waals surface area contributed by atoms with Crippen LogP contribution in [0.25, 0.3) is 11.3 Å². The molecular weight excluding hydrogens is 336 g/mol. The molecule has 0 bridgehead atoms. The summed E-state index contributed by atoms with van der Waals surface area (Å²) in [5, 5.41) is 14.7. The zero-order chi connectivity index (χ0) is 18.5. The molecule has 0 aliphatic heterocycles. The highest BCUT2D eigenvalue weighted by molar-refractivity contribution is 5.94. The summed E-state index contributed by atoms with van der Waals surface area (Å²) in [5.41, 5.74) is 4.34. The lowest BCUT2D eigenvalue weighted by atomic mass is 10.1. The van der Waals surface area contributed by atoms with Crippen LogP contribution in [0.2, 0.25) is 0 Å². The Labute approximate surface area is 148 Å². The second kappa shape index (κ2) is 7.39. The molecule has 2 aromatic heterocycles. The average molecular weight is 350 g/mol. The van der Waals surface area contributed by atoms with E-state index in [0.717, 1.165) is 11.1 Å². The minimum absolute atomic E-state index is 0.0263. The predicted molar refractivity (Wildman–Crippen MR) is 94.8 cm³/mol. The lowest BCUT2D eigenvalue weighted by Crippen LogP contribution is -2.17. The number of nitrogens with zero attached hydrogens (tertiary/aromatic N) is 3. The van der Waals surface area contributed by atoms with Crippen LogP contribution in [-0.2, 0) is 0 Å². The van der Waals surface area contributed by atoms with Crippen molar-refractivity contribution in [3.8, 4) is 11.3 Å². The molecule has 130 valence electrons. The van der Waals surface area contributed by atoms with Gasteiger partial charge in [0.1, 0.15) is 11.5 Å². The van der Waals surface area contributed by atoms with Crippen molar-refractivity contribution >= 4 is 17.8 Å². The van der Waals surface area contributed by atoms with Crippen LogP contribution in [0.15, 0.2) is 64.4 Å². The van der Waals surface area contributed by atoms with Gasteiger partial charge in [-0.15, -0.1) is 0 Å². The number of pyridine rings is 1. The standard InChI is InChI=1S/C18H14N4O4/c1-12-10-14(22(24)25)2-4-16(12)17-5-3-15(26-17)11-20-21-18(23)13-6-8-19-9-7-13/h2-11H,1H3,(H,21,23)/b20-11-. The molecule has 1 aromatic carbocycles. The second-order valence-corrected chi connectivity index (χ2v) is 5.39. The van der Waals surface area contributed by atoms with Gasteiger partial charge in [-0.05, 0) is 42.8 Å². The van der Waals surface area contributed by atoms with Gasteiger partial charge < -0.3 is 4.42 Å². The summed E-state index contributed by atoms with van der Waals surface area (Å²) in [4.78, 5) is 26.1. The van der Waals surface area contributed by atoms with E-state index in [1.807, 2.05) is 0 Å². The summed E-state index contributed by atoms with van der Waals surface area (Å²) >= 11 is 0. The maximum Gasteiger partial charge on any atom is 0.271 e. The molecule has 3 rings (SSSR count). The van der Waals surface area contributed by atoms with Crippen molar-refractivity contribution in [3.05, 3.63) is 81.9 Å². The first kappa shape index (κ1) is 17.0. The Bertz CT molecular complexity index is 980. The fraction of sp³-hybridized carbons (Fsp3) is 0.0556. The van der Waals surface area contributed by atoms with Crippen LogP contribution in [0, 0.1) is 17.0 Å². The maximum atomic E-state index is 11.9. The van der Waals surface area contributed by atoms with E-state index in [-0.39, 0.29) is 11.6 Å². The molecule has 0 saturated heterocycles. The number of hydrogen-bond donors (Lipinski definition) is 1. The van der Waals surface area contributed by atoms with Gasteiger partial charge in [-0.2, -0.15) is 5.10 Å². The Kier molecular flexibility index (Phi) is 4.84. The van der Waals surface area contributed by atoms with Gasteiger partial charge in [0.15, 0.2) is 0 Å². The number of nitro groups is 1. The van der Waals surface area contributed by atoms with E-state index >= 15 is 0 Å². The molecule has 0 unspecified atom stereocenters. The molecule has 8 nitrogen and oxygen atoms in total. The maximum absolute atomic E-state index is 11.9. The largest absolute Gasteiger partial charge is 0.455 e. The van der Waals surface area contributed by atoms with Gasteiger partial charge in [-0.25, -0.2) is 5.43 Å². The molecule has 8 heteroatoms. The third-order valence-corrected chi connectivity index (χ3v) is 3.61. The van der Waals surface area contributed by atoms with Crippen molar-refractivity contribution in [1.82, 2.24) is 10.4 Å². The van der Waals surface area contributed by atoms with Crippen LogP contribution in [0.1, 0.15) is 21.7 Å². The number of benzene rings is 1. The molecule has 2 heterocycles. The molecule has 1 N–H and O–H groups in total. The van der Waals surface area contributed by atoms with Crippen molar-refractivity contribution < 1.29 is 14.1 Å². The van der Waals surface area contributed by atoms with Crippen LogP contribution in [-0.4, -0.2) is 22.0 Å². The number of carbonyl (C=O) groups is 1. The van der Waals surface area contributed by atoms with E-state index in [1.54, 1.807) is 37.3 Å². The minimum Gasteiger partial charge on any atom is -0.455 e. The summed E-state index contributed by atoms with van der Waals surface area (Å²) in [7, 11) is 0. The molecule has 26 heavy (non-hydrogen) atoms. The van der Waals surface area contributed by atoms with E-state index in [9.17, 15) is 14.9 Å². The van der Waals surface area contributed by atoms with Gasteiger partial charge in [0, 0.05) is 35.7 Å². The van der Waals surface area contributed by atoms with Crippen molar-refractivity contribution in [3.63, 3.8) is 0 Å². The van der Waals surface area contributed by atoms with Crippen LogP contribution >= 0.6 is 0 Å². The Balaban J connectivity index is 1.70. The Morgan fingerprint density at radius 3 is 2.69 bits per heavy atom. The number of carbonyl (C=O) groups excluding carboxylic acids is 1. The molecule has 1 amide bonds. The van der Waals surface area contributed by atoms with E-state index in [0.29, 0.717) is 17.1 Å². The fourth-order valence-corrected chi connectivity index (χ4v) is 2.33. The first-order valence-electron chi connectivity index (χ1n) is 7.63. The smallest absolute Gasteiger partial charge is 0.271 e. The molecule has 0 radical (unpaired) electrons. The second-order valence-electron chi connectivity index (χ2n) is 5.39. The molecule has 0 aliphatic rings. The third kappa shape index (κ3) is 3.81. The van der Waals surface area contributed by atoms with Crippen LogP contribution in [0.3, 0.4) is 0 Å². The number of aryl methyl sites for hydroxylation is 1. The molecule has 0 saturated carbocycles. The van der Waals surface area contributed by atoms with Crippen molar-refractivity contribution in [2.75, 3.05) is 0 Å². The van der Waals surface area contributed by atoms with E-state index in [4.69, 9.17) is 4.42 Å². The highest BCUT2D eigenvalue weighted by Crippen LogP contribution is 2.28. The Morgan fingerprint density at radius 2 is 2.00 bits per heavy atom. The van der Waals surface area contributed by atoms with Gasteiger partial charge in [-0.3, -0.25) is 19.9 Å². The summed E-state index contributed by atoms with van der Waals surface area (Å²) in [6, 6.07) is 11.1. The molecule has 0 fully saturated rings. The summed E-state index contributed by atoms with van der Waals surface area (Å²) in [6.45, 7) is 1.77. The van der Waals surface area contributed by atoms with Gasteiger partial charge in [-0.1, -0.05) is 0 Å². The normalized spacial score (nSPS) is 10.8. The number of nitrogens with one attached hydrogen (secondary N) is 1. The van der Waals surface area contributed by atoms with Crippen molar-refractivity contribution in [1.29, 1.82) is 0 Å². The number of aromatic nitrogens is 1. The topological polar surface area (TPSA) is 111 Å². The monoisotopic (exact) mass is 350 g/mol. The van der Waals surface area contributed by atoms with Crippen LogP contribution in [0.4, 0.5) is 5.69 Å². The Morgan fingerprint density at radius 1 is 1.23 bits per heavy atom. The SMILES string of the molecule is Cc1cc([N+](=O)[O-])ccc1-c1ccc(/C=N\NC(=O)c2ccncc2)o1. The number of non-ortho nitro benzene ring substituents is 1. The van der Waals surface area contributed by atoms with E-state index in [2.05, 4.69) is 15.5 Å².